The number of hydrogen-bond acceptors (Lipinski definition) is 4. The number of carbonyl (C=O) groups is 1. The molecule has 1 amide bonds. The molecule has 1 aliphatic heterocycles. The largest absolute Gasteiger partial charge is 0.296 e. The first-order valence-corrected chi connectivity index (χ1v) is 4.50. The van der Waals surface area contributed by atoms with Gasteiger partial charge in [0, 0.05) is 5.69 Å². The maximum absolute atomic E-state index is 11.3. The molecular formula is C10H9N3O2. The number of benzene rings is 1. The van der Waals surface area contributed by atoms with E-state index < -0.39 is 12.1 Å². The second-order valence-electron chi connectivity index (χ2n) is 3.18. The predicted molar refractivity (Wildman–Crippen MR) is 56.6 cm³/mol. The first-order chi connectivity index (χ1) is 7.24. The summed E-state index contributed by atoms with van der Waals surface area (Å²) in [5.41, 5.74) is 0.745. The third kappa shape index (κ3) is 1.52. The summed E-state index contributed by atoms with van der Waals surface area (Å²) >= 11 is 0. The molecule has 2 rings (SSSR count). The molecule has 0 saturated carbocycles. The van der Waals surface area contributed by atoms with Crippen molar-refractivity contribution in [3.8, 4) is 0 Å². The zero-order valence-electron chi connectivity index (χ0n) is 8.12. The number of nitrogens with zero attached hydrogens (tertiary/aromatic N) is 3. The Kier molecular flexibility index (Phi) is 2.29. The van der Waals surface area contributed by atoms with Crippen molar-refractivity contribution in [2.75, 3.05) is 4.90 Å². The van der Waals surface area contributed by atoms with Crippen LogP contribution in [-0.4, -0.2) is 17.9 Å². The number of rotatable bonds is 2. The zero-order valence-corrected chi connectivity index (χ0v) is 8.12. The molecule has 0 aromatic heterocycles. The standard InChI is InChI=1S/C10H9N3O2/c1-7-11-10(14)9(12-15)13(7)8-5-3-2-4-6-8/h2-6,9H,1H3/t9-/m0/s1. The fraction of sp³-hybridized carbons (Fsp3) is 0.200. The lowest BCUT2D eigenvalue weighted by Gasteiger charge is -2.20. The highest BCUT2D eigenvalue weighted by Crippen LogP contribution is 2.22. The molecule has 0 fully saturated rings. The molecule has 5 heteroatoms. The number of nitroso groups, excluding NO2 is 1. The first kappa shape index (κ1) is 9.51. The van der Waals surface area contributed by atoms with Crippen molar-refractivity contribution >= 4 is 17.4 Å². The highest BCUT2D eigenvalue weighted by molar-refractivity contribution is 6.13. The molecular weight excluding hydrogens is 194 g/mol. The van der Waals surface area contributed by atoms with Crippen molar-refractivity contribution in [2.45, 2.75) is 13.1 Å². The van der Waals surface area contributed by atoms with Crippen LogP contribution in [0.3, 0.4) is 0 Å². The number of amidine groups is 1. The Hall–Kier alpha value is -2.04. The zero-order chi connectivity index (χ0) is 10.8. The third-order valence-corrected chi connectivity index (χ3v) is 2.22. The summed E-state index contributed by atoms with van der Waals surface area (Å²) in [5, 5.41) is 2.79. The highest BCUT2D eigenvalue weighted by Gasteiger charge is 2.34. The van der Waals surface area contributed by atoms with Gasteiger partial charge in [0.2, 0.25) is 6.17 Å². The van der Waals surface area contributed by atoms with Gasteiger partial charge in [0.1, 0.15) is 5.84 Å². The molecule has 0 aliphatic carbocycles. The maximum atomic E-state index is 11.3. The van der Waals surface area contributed by atoms with Gasteiger partial charge in [-0.05, 0) is 24.2 Å². The predicted octanol–water partition coefficient (Wildman–Crippen LogP) is 1.54. The average molecular weight is 203 g/mol. The van der Waals surface area contributed by atoms with Gasteiger partial charge in [-0.2, -0.15) is 4.99 Å². The summed E-state index contributed by atoms with van der Waals surface area (Å²) in [7, 11) is 0. The summed E-state index contributed by atoms with van der Waals surface area (Å²) in [6.07, 6.45) is -1.05. The van der Waals surface area contributed by atoms with Gasteiger partial charge in [-0.15, -0.1) is 4.91 Å². The van der Waals surface area contributed by atoms with Crippen LogP contribution in [0.4, 0.5) is 5.69 Å². The molecule has 15 heavy (non-hydrogen) atoms. The summed E-state index contributed by atoms with van der Waals surface area (Å²) in [4.78, 5) is 27.1. The molecule has 0 saturated heterocycles. The van der Waals surface area contributed by atoms with Crippen molar-refractivity contribution < 1.29 is 4.79 Å². The maximum Gasteiger partial charge on any atom is 0.296 e. The van der Waals surface area contributed by atoms with E-state index in [-0.39, 0.29) is 0 Å². The molecule has 5 nitrogen and oxygen atoms in total. The Morgan fingerprint density at radius 3 is 2.60 bits per heavy atom. The third-order valence-electron chi connectivity index (χ3n) is 2.22. The smallest absolute Gasteiger partial charge is 0.296 e. The minimum absolute atomic E-state index is 0.496. The minimum Gasteiger partial charge on any atom is -0.296 e. The molecule has 76 valence electrons. The van der Waals surface area contributed by atoms with Gasteiger partial charge in [-0.3, -0.25) is 9.69 Å². The molecule has 1 aliphatic rings. The lowest BCUT2D eigenvalue weighted by atomic mass is 10.2. The van der Waals surface area contributed by atoms with Crippen molar-refractivity contribution in [3.05, 3.63) is 35.2 Å². The highest BCUT2D eigenvalue weighted by atomic mass is 16.3. The van der Waals surface area contributed by atoms with Crippen molar-refractivity contribution in [2.24, 2.45) is 10.2 Å². The number of carbonyl (C=O) groups excluding carboxylic acids is 1. The first-order valence-electron chi connectivity index (χ1n) is 4.50. The fourth-order valence-corrected chi connectivity index (χ4v) is 1.57. The van der Waals surface area contributed by atoms with Gasteiger partial charge in [0.15, 0.2) is 0 Å². The molecule has 0 bridgehead atoms. The summed E-state index contributed by atoms with van der Waals surface area (Å²) in [6, 6.07) is 9.11. The summed E-state index contributed by atoms with van der Waals surface area (Å²) < 4.78 is 0. The van der Waals surface area contributed by atoms with Crippen LogP contribution >= 0.6 is 0 Å². The van der Waals surface area contributed by atoms with E-state index in [0.29, 0.717) is 5.84 Å². The van der Waals surface area contributed by atoms with Crippen molar-refractivity contribution in [1.82, 2.24) is 0 Å². The molecule has 0 unspecified atom stereocenters. The van der Waals surface area contributed by atoms with E-state index in [2.05, 4.69) is 10.2 Å². The van der Waals surface area contributed by atoms with Gasteiger partial charge in [-0.25, -0.2) is 0 Å². The van der Waals surface area contributed by atoms with E-state index in [1.165, 1.54) is 4.90 Å². The number of anilines is 1. The molecule has 0 spiro atoms. The molecule has 1 aromatic rings. The molecule has 1 heterocycles. The monoisotopic (exact) mass is 203 g/mol. The van der Waals surface area contributed by atoms with E-state index in [9.17, 15) is 9.70 Å². The van der Waals surface area contributed by atoms with E-state index in [4.69, 9.17) is 0 Å². The summed E-state index contributed by atoms with van der Waals surface area (Å²) in [6.45, 7) is 1.68. The van der Waals surface area contributed by atoms with E-state index in [0.717, 1.165) is 5.69 Å². The van der Waals surface area contributed by atoms with Gasteiger partial charge in [0.05, 0.1) is 0 Å². The molecule has 0 N–H and O–H groups in total. The van der Waals surface area contributed by atoms with Crippen LogP contribution in [0, 0.1) is 4.91 Å². The lowest BCUT2D eigenvalue weighted by molar-refractivity contribution is -0.118. The van der Waals surface area contributed by atoms with Crippen LogP contribution in [0.5, 0.6) is 0 Å². The SMILES string of the molecule is CC1=NC(=O)[C@@H](N=O)N1c1ccccc1. The topological polar surface area (TPSA) is 62.1 Å². The normalized spacial score (nSPS) is 20.3. The van der Waals surface area contributed by atoms with E-state index in [1.807, 2.05) is 18.2 Å². The van der Waals surface area contributed by atoms with Crippen LogP contribution in [0.1, 0.15) is 6.92 Å². The van der Waals surface area contributed by atoms with Crippen LogP contribution in [-0.2, 0) is 4.79 Å². The van der Waals surface area contributed by atoms with E-state index >= 15 is 0 Å². The quantitative estimate of drug-likeness (QED) is 0.685. The van der Waals surface area contributed by atoms with Crippen molar-refractivity contribution in [1.29, 1.82) is 0 Å². The number of aliphatic imine (C=N–C) groups is 1. The number of amides is 1. The van der Waals surface area contributed by atoms with Crippen LogP contribution in [0.25, 0.3) is 0 Å². The van der Waals surface area contributed by atoms with Gasteiger partial charge in [0.25, 0.3) is 5.91 Å². The molecule has 1 aromatic carbocycles. The van der Waals surface area contributed by atoms with Gasteiger partial charge >= 0.3 is 0 Å². The van der Waals surface area contributed by atoms with E-state index in [1.54, 1.807) is 19.1 Å². The van der Waals surface area contributed by atoms with Crippen molar-refractivity contribution in [3.63, 3.8) is 0 Å². The lowest BCUT2D eigenvalue weighted by Crippen LogP contribution is -2.35. The van der Waals surface area contributed by atoms with Crippen LogP contribution < -0.4 is 4.90 Å². The average Bonchev–Trinajstić information content (AvgIpc) is 2.54. The Bertz CT molecular complexity index is 428. The van der Waals surface area contributed by atoms with Crippen LogP contribution in [0.2, 0.25) is 0 Å². The number of hydrogen-bond donors (Lipinski definition) is 0. The Morgan fingerprint density at radius 1 is 1.33 bits per heavy atom. The Balaban J connectivity index is 2.41. The Morgan fingerprint density at radius 2 is 2.00 bits per heavy atom. The second kappa shape index (κ2) is 3.61. The van der Waals surface area contributed by atoms with Gasteiger partial charge in [-0.1, -0.05) is 18.2 Å². The second-order valence-corrected chi connectivity index (χ2v) is 3.18. The minimum atomic E-state index is -1.05. The fourth-order valence-electron chi connectivity index (χ4n) is 1.57. The van der Waals surface area contributed by atoms with Gasteiger partial charge < -0.3 is 0 Å². The Labute approximate surface area is 86.4 Å². The molecule has 0 radical (unpaired) electrons. The molecule has 1 atom stereocenters. The summed E-state index contributed by atoms with van der Waals surface area (Å²) in [5.74, 6) is -0.0119. The van der Waals surface area contributed by atoms with Crippen LogP contribution in [0.15, 0.2) is 40.5 Å². The number of para-hydroxylation sites is 1.